The second-order valence-electron chi connectivity index (χ2n) is 8.19. The van der Waals surface area contributed by atoms with Gasteiger partial charge in [0.2, 0.25) is 0 Å². The molecule has 1 aliphatic heterocycles. The summed E-state index contributed by atoms with van der Waals surface area (Å²) in [6, 6.07) is 16.1. The first-order chi connectivity index (χ1) is 17.7. The average molecular weight is 574 g/mol. The summed E-state index contributed by atoms with van der Waals surface area (Å²) in [6.45, 7) is 3.54. The molecular weight excluding hydrogens is 551 g/mol. The number of hydrogen-bond acceptors (Lipinski definition) is 6. The highest BCUT2D eigenvalue weighted by atomic mass is 35.5. The largest absolute Gasteiger partial charge is 0.493 e. The van der Waals surface area contributed by atoms with Gasteiger partial charge in [0.1, 0.15) is 0 Å². The van der Waals surface area contributed by atoms with Crippen LogP contribution in [-0.2, 0) is 9.59 Å². The second kappa shape index (κ2) is 11.6. The van der Waals surface area contributed by atoms with E-state index in [4.69, 9.17) is 44.9 Å². The molecular formula is C27H22Cl2N2O4S2. The Bertz CT molecular complexity index is 1440. The first-order valence-corrected chi connectivity index (χ1v) is 13.1. The number of thiocarbonyl (C=S) groups is 1. The fraction of sp³-hybridized carbons (Fsp3) is 0.148. The molecule has 1 heterocycles. The van der Waals surface area contributed by atoms with Gasteiger partial charge in [-0.2, -0.15) is 0 Å². The lowest BCUT2D eigenvalue weighted by atomic mass is 10.1. The van der Waals surface area contributed by atoms with Gasteiger partial charge >= 0.3 is 0 Å². The van der Waals surface area contributed by atoms with Crippen LogP contribution in [0.1, 0.15) is 16.7 Å². The summed E-state index contributed by atoms with van der Waals surface area (Å²) in [5.41, 5.74) is 3.83. The molecule has 3 aromatic rings. The van der Waals surface area contributed by atoms with Crippen molar-refractivity contribution < 1.29 is 19.1 Å². The van der Waals surface area contributed by atoms with E-state index in [0.29, 0.717) is 31.2 Å². The zero-order chi connectivity index (χ0) is 26.7. The molecule has 0 aromatic heterocycles. The number of aryl methyl sites for hydroxylation is 2. The maximum atomic E-state index is 13.1. The number of methoxy groups -OCH3 is 1. The number of carbonyl (C=O) groups excluding carboxylic acids is 2. The van der Waals surface area contributed by atoms with E-state index < -0.39 is 0 Å². The molecule has 10 heteroatoms. The molecule has 1 fully saturated rings. The van der Waals surface area contributed by atoms with Crippen molar-refractivity contribution in [3.05, 3.63) is 86.2 Å². The van der Waals surface area contributed by atoms with Crippen molar-refractivity contribution in [2.75, 3.05) is 23.9 Å². The number of thioether (sulfide) groups is 1. The third-order valence-corrected chi connectivity index (χ3v) is 7.40. The first-order valence-electron chi connectivity index (χ1n) is 11.1. The number of rotatable bonds is 7. The van der Waals surface area contributed by atoms with Gasteiger partial charge in [-0.15, -0.1) is 0 Å². The van der Waals surface area contributed by atoms with Crippen molar-refractivity contribution in [1.29, 1.82) is 0 Å². The van der Waals surface area contributed by atoms with Crippen molar-refractivity contribution in [1.82, 2.24) is 0 Å². The monoisotopic (exact) mass is 572 g/mol. The van der Waals surface area contributed by atoms with Crippen LogP contribution in [-0.4, -0.2) is 29.9 Å². The number of amides is 2. The Kier molecular flexibility index (Phi) is 8.44. The normalized spacial score (nSPS) is 14.3. The minimum atomic E-state index is -0.387. The molecule has 0 aliphatic carbocycles. The zero-order valence-corrected chi connectivity index (χ0v) is 23.3. The minimum absolute atomic E-state index is 0.214. The average Bonchev–Trinajstić information content (AvgIpc) is 3.12. The van der Waals surface area contributed by atoms with Gasteiger partial charge in [-0.05, 0) is 73.0 Å². The van der Waals surface area contributed by atoms with Gasteiger partial charge in [0.15, 0.2) is 22.4 Å². The predicted octanol–water partition coefficient (Wildman–Crippen LogP) is 7.04. The lowest BCUT2D eigenvalue weighted by molar-refractivity contribution is -0.118. The Balaban J connectivity index is 1.49. The smallest absolute Gasteiger partial charge is 0.270 e. The Morgan fingerprint density at radius 1 is 1.11 bits per heavy atom. The van der Waals surface area contributed by atoms with Gasteiger partial charge in [-0.1, -0.05) is 65.4 Å². The number of nitrogens with one attached hydrogen (secondary N) is 1. The maximum absolute atomic E-state index is 13.1. The molecule has 2 amide bonds. The molecule has 0 radical (unpaired) electrons. The lowest BCUT2D eigenvalue weighted by Crippen LogP contribution is -2.27. The number of carbonyl (C=O) groups is 2. The molecule has 6 nitrogen and oxygen atoms in total. The number of benzene rings is 3. The van der Waals surface area contributed by atoms with Gasteiger partial charge in [0.05, 0.1) is 22.7 Å². The Labute approximate surface area is 234 Å². The fourth-order valence-electron chi connectivity index (χ4n) is 3.58. The molecule has 0 bridgehead atoms. The molecule has 1 saturated heterocycles. The van der Waals surface area contributed by atoms with E-state index in [0.717, 1.165) is 16.8 Å². The van der Waals surface area contributed by atoms with Gasteiger partial charge in [0.25, 0.3) is 11.8 Å². The van der Waals surface area contributed by atoms with Crippen LogP contribution in [0.15, 0.2) is 59.5 Å². The molecule has 1 aliphatic rings. The van der Waals surface area contributed by atoms with Crippen molar-refractivity contribution in [2.45, 2.75) is 13.8 Å². The molecule has 0 saturated carbocycles. The molecule has 1 N–H and O–H groups in total. The molecule has 0 unspecified atom stereocenters. The third-order valence-electron chi connectivity index (χ3n) is 5.41. The summed E-state index contributed by atoms with van der Waals surface area (Å²) >= 11 is 19.3. The van der Waals surface area contributed by atoms with Crippen LogP contribution >= 0.6 is 47.2 Å². The summed E-state index contributed by atoms with van der Waals surface area (Å²) in [7, 11) is 1.47. The standard InChI is InChI=1S/C27H22Cl2N2O4S2/c1-15-5-4-6-19(9-15)31-26(33)23(37-27(31)36)12-17-10-21(29)25(22(11-17)34-3)35-14-24(32)30-18-8-7-16(2)20(28)13-18/h4-13H,14H2,1-3H3,(H,30,32)/b23-12-. The SMILES string of the molecule is COc1cc(/C=C2\SC(=S)N(c3cccc(C)c3)C2=O)cc(Cl)c1OCC(=O)Nc1ccc(C)c(Cl)c1. The van der Waals surface area contributed by atoms with Gasteiger partial charge in [0, 0.05) is 10.7 Å². The molecule has 0 atom stereocenters. The summed E-state index contributed by atoms with van der Waals surface area (Å²) < 4.78 is 11.6. The van der Waals surface area contributed by atoms with Crippen LogP contribution in [0, 0.1) is 13.8 Å². The summed E-state index contributed by atoms with van der Waals surface area (Å²) in [6.07, 6.45) is 1.70. The lowest BCUT2D eigenvalue weighted by Gasteiger charge is -2.15. The van der Waals surface area contributed by atoms with Crippen LogP contribution in [0.25, 0.3) is 6.08 Å². The van der Waals surface area contributed by atoms with E-state index >= 15 is 0 Å². The third kappa shape index (κ3) is 6.27. The number of hydrogen-bond donors (Lipinski definition) is 1. The fourth-order valence-corrected chi connectivity index (χ4v) is 5.33. The maximum Gasteiger partial charge on any atom is 0.270 e. The van der Waals surface area contributed by atoms with Crippen molar-refractivity contribution in [2.24, 2.45) is 0 Å². The quantitative estimate of drug-likeness (QED) is 0.242. The van der Waals surface area contributed by atoms with E-state index in [1.165, 1.54) is 23.8 Å². The van der Waals surface area contributed by atoms with Gasteiger partial charge in [-0.25, -0.2) is 0 Å². The van der Waals surface area contributed by atoms with E-state index in [1.54, 1.807) is 30.3 Å². The number of nitrogens with zero attached hydrogens (tertiary/aromatic N) is 1. The molecule has 190 valence electrons. The Morgan fingerprint density at radius 2 is 1.89 bits per heavy atom. The minimum Gasteiger partial charge on any atom is -0.493 e. The highest BCUT2D eigenvalue weighted by Gasteiger charge is 2.33. The number of anilines is 2. The van der Waals surface area contributed by atoms with E-state index in [1.807, 2.05) is 44.2 Å². The molecule has 4 rings (SSSR count). The zero-order valence-electron chi connectivity index (χ0n) is 20.1. The highest BCUT2D eigenvalue weighted by molar-refractivity contribution is 8.27. The molecule has 0 spiro atoms. The summed E-state index contributed by atoms with van der Waals surface area (Å²) in [4.78, 5) is 27.5. The van der Waals surface area contributed by atoms with Crippen LogP contribution in [0.3, 0.4) is 0 Å². The first kappa shape index (κ1) is 27.0. The molecule has 3 aromatic carbocycles. The second-order valence-corrected chi connectivity index (χ2v) is 10.7. The van der Waals surface area contributed by atoms with E-state index in [2.05, 4.69) is 5.32 Å². The predicted molar refractivity (Wildman–Crippen MR) is 155 cm³/mol. The van der Waals surface area contributed by atoms with Crippen LogP contribution in [0.5, 0.6) is 11.5 Å². The topological polar surface area (TPSA) is 67.9 Å². The van der Waals surface area contributed by atoms with Crippen molar-refractivity contribution in [3.63, 3.8) is 0 Å². The van der Waals surface area contributed by atoms with Gasteiger partial charge < -0.3 is 14.8 Å². The van der Waals surface area contributed by atoms with Crippen LogP contribution in [0.2, 0.25) is 10.0 Å². The van der Waals surface area contributed by atoms with Crippen molar-refractivity contribution in [3.8, 4) is 11.5 Å². The van der Waals surface area contributed by atoms with E-state index in [-0.39, 0.29) is 29.2 Å². The molecule has 37 heavy (non-hydrogen) atoms. The summed E-state index contributed by atoms with van der Waals surface area (Å²) in [5, 5.41) is 3.51. The number of halogens is 2. The highest BCUT2D eigenvalue weighted by Crippen LogP contribution is 2.40. The summed E-state index contributed by atoms with van der Waals surface area (Å²) in [5.74, 6) is -0.0735. The Morgan fingerprint density at radius 3 is 2.59 bits per heavy atom. The van der Waals surface area contributed by atoms with Crippen LogP contribution < -0.4 is 19.7 Å². The van der Waals surface area contributed by atoms with Gasteiger partial charge in [-0.3, -0.25) is 14.5 Å². The Hall–Kier alpha value is -3.04. The van der Waals surface area contributed by atoms with E-state index in [9.17, 15) is 9.59 Å². The van der Waals surface area contributed by atoms with Crippen LogP contribution in [0.4, 0.5) is 11.4 Å². The van der Waals surface area contributed by atoms with Crippen molar-refractivity contribution >= 4 is 80.8 Å². The number of ether oxygens (including phenoxy) is 2.